The molecule has 3 N–H and O–H groups in total. The molecule has 0 bridgehead atoms. The summed E-state index contributed by atoms with van der Waals surface area (Å²) in [6, 6.07) is 12.4. The lowest BCUT2D eigenvalue weighted by Gasteiger charge is -2.10. The molecular formula is C20H20N4O3. The van der Waals surface area contributed by atoms with Gasteiger partial charge in [0.25, 0.3) is 11.8 Å². The van der Waals surface area contributed by atoms with Gasteiger partial charge >= 0.3 is 0 Å². The monoisotopic (exact) mass is 364 g/mol. The summed E-state index contributed by atoms with van der Waals surface area (Å²) in [6.07, 6.45) is 3.45. The summed E-state index contributed by atoms with van der Waals surface area (Å²) in [4.78, 5) is 24.2. The van der Waals surface area contributed by atoms with Crippen LogP contribution in [0.4, 0.5) is 0 Å². The number of ether oxygens (including phenoxy) is 1. The van der Waals surface area contributed by atoms with Gasteiger partial charge in [-0.2, -0.15) is 5.10 Å². The van der Waals surface area contributed by atoms with Crippen LogP contribution < -0.4 is 15.4 Å². The molecule has 3 rings (SSSR count). The van der Waals surface area contributed by atoms with E-state index in [0.29, 0.717) is 23.4 Å². The van der Waals surface area contributed by atoms with E-state index in [0.717, 1.165) is 16.7 Å². The first kappa shape index (κ1) is 18.2. The largest absolute Gasteiger partial charge is 0.496 e. The van der Waals surface area contributed by atoms with E-state index in [1.165, 1.54) is 0 Å². The van der Waals surface area contributed by atoms with E-state index in [9.17, 15) is 9.59 Å². The maximum Gasteiger partial charge on any atom is 0.251 e. The first-order chi connectivity index (χ1) is 13.1. The molecule has 0 aliphatic heterocycles. The van der Waals surface area contributed by atoms with Crippen LogP contribution in [0.1, 0.15) is 26.3 Å². The Labute approximate surface area is 156 Å². The van der Waals surface area contributed by atoms with Crippen molar-refractivity contribution in [3.8, 4) is 16.9 Å². The van der Waals surface area contributed by atoms with Crippen molar-refractivity contribution in [2.75, 3.05) is 14.2 Å². The fourth-order valence-corrected chi connectivity index (χ4v) is 2.72. The number of hydrogen-bond donors (Lipinski definition) is 3. The average Bonchev–Trinajstić information content (AvgIpc) is 3.25. The maximum absolute atomic E-state index is 12.5. The summed E-state index contributed by atoms with van der Waals surface area (Å²) < 4.78 is 5.41. The Balaban J connectivity index is 1.72. The van der Waals surface area contributed by atoms with Gasteiger partial charge in [0.2, 0.25) is 0 Å². The Morgan fingerprint density at radius 2 is 1.93 bits per heavy atom. The van der Waals surface area contributed by atoms with Crippen molar-refractivity contribution in [2.45, 2.75) is 6.54 Å². The van der Waals surface area contributed by atoms with Crippen molar-refractivity contribution < 1.29 is 14.3 Å². The number of methoxy groups -OCH3 is 1. The molecule has 27 heavy (non-hydrogen) atoms. The van der Waals surface area contributed by atoms with Gasteiger partial charge in [-0.1, -0.05) is 12.1 Å². The number of amides is 2. The standard InChI is InChI=1S/C20H20N4O3/c1-21-19(25)14-5-3-4-13(8-14)10-22-20(26)15-6-7-17(18(9-15)27-2)16-11-23-24-12-16/h3-9,11-12H,10H2,1-2H3,(H,21,25)(H,22,26)(H,23,24). The second-order valence-electron chi connectivity index (χ2n) is 5.86. The molecule has 0 saturated carbocycles. The molecule has 7 nitrogen and oxygen atoms in total. The summed E-state index contributed by atoms with van der Waals surface area (Å²) in [7, 11) is 3.14. The third-order valence-electron chi connectivity index (χ3n) is 4.14. The highest BCUT2D eigenvalue weighted by Crippen LogP contribution is 2.30. The van der Waals surface area contributed by atoms with Gasteiger partial charge in [-0.3, -0.25) is 14.7 Å². The van der Waals surface area contributed by atoms with Crippen LogP contribution in [-0.2, 0) is 6.54 Å². The molecule has 2 aromatic carbocycles. The Morgan fingerprint density at radius 3 is 2.63 bits per heavy atom. The molecule has 0 aliphatic rings. The molecule has 0 aliphatic carbocycles. The van der Waals surface area contributed by atoms with Gasteiger partial charge in [-0.05, 0) is 35.9 Å². The second-order valence-corrected chi connectivity index (χ2v) is 5.86. The van der Waals surface area contributed by atoms with Gasteiger partial charge in [0.05, 0.1) is 13.3 Å². The Hall–Kier alpha value is -3.61. The number of rotatable bonds is 6. The van der Waals surface area contributed by atoms with E-state index in [-0.39, 0.29) is 11.8 Å². The molecule has 2 amide bonds. The highest BCUT2D eigenvalue weighted by atomic mass is 16.5. The zero-order valence-electron chi connectivity index (χ0n) is 15.1. The normalized spacial score (nSPS) is 10.3. The van der Waals surface area contributed by atoms with Crippen LogP contribution in [-0.4, -0.2) is 36.2 Å². The summed E-state index contributed by atoms with van der Waals surface area (Å²) in [6.45, 7) is 0.315. The number of carbonyl (C=O) groups excluding carboxylic acids is 2. The average molecular weight is 364 g/mol. The highest BCUT2D eigenvalue weighted by molar-refractivity contribution is 5.96. The van der Waals surface area contributed by atoms with Crippen LogP contribution in [0, 0.1) is 0 Å². The number of carbonyl (C=O) groups is 2. The van der Waals surface area contributed by atoms with Crippen molar-refractivity contribution in [3.05, 3.63) is 71.5 Å². The van der Waals surface area contributed by atoms with E-state index >= 15 is 0 Å². The third-order valence-corrected chi connectivity index (χ3v) is 4.14. The number of nitrogens with one attached hydrogen (secondary N) is 3. The fraction of sp³-hybridized carbons (Fsp3) is 0.150. The topological polar surface area (TPSA) is 96.1 Å². The quantitative estimate of drug-likeness (QED) is 0.626. The number of nitrogens with zero attached hydrogens (tertiary/aromatic N) is 1. The predicted molar refractivity (Wildman–Crippen MR) is 102 cm³/mol. The molecule has 3 aromatic rings. The first-order valence-electron chi connectivity index (χ1n) is 8.38. The molecule has 0 spiro atoms. The Kier molecular flexibility index (Phi) is 5.51. The number of H-pyrrole nitrogens is 1. The van der Waals surface area contributed by atoms with E-state index in [1.54, 1.807) is 56.9 Å². The van der Waals surface area contributed by atoms with Crippen molar-refractivity contribution in [1.29, 1.82) is 0 Å². The first-order valence-corrected chi connectivity index (χ1v) is 8.38. The van der Waals surface area contributed by atoms with Crippen LogP contribution in [0.25, 0.3) is 11.1 Å². The van der Waals surface area contributed by atoms with Crippen LogP contribution in [0.3, 0.4) is 0 Å². The number of aromatic amines is 1. The molecule has 0 unspecified atom stereocenters. The van der Waals surface area contributed by atoms with Crippen LogP contribution in [0.5, 0.6) is 5.75 Å². The van der Waals surface area contributed by atoms with Crippen molar-refractivity contribution >= 4 is 11.8 Å². The SMILES string of the molecule is CNC(=O)c1cccc(CNC(=O)c2ccc(-c3cn[nH]c3)c(OC)c2)c1. The third kappa shape index (κ3) is 4.14. The molecule has 1 aromatic heterocycles. The lowest BCUT2D eigenvalue weighted by atomic mass is 10.0. The molecule has 7 heteroatoms. The van der Waals surface area contributed by atoms with Crippen molar-refractivity contribution in [1.82, 2.24) is 20.8 Å². The maximum atomic E-state index is 12.5. The van der Waals surface area contributed by atoms with Crippen molar-refractivity contribution in [3.63, 3.8) is 0 Å². The van der Waals surface area contributed by atoms with Gasteiger partial charge in [0.1, 0.15) is 5.75 Å². The number of benzene rings is 2. The molecular weight excluding hydrogens is 344 g/mol. The molecule has 0 fully saturated rings. The lowest BCUT2D eigenvalue weighted by molar-refractivity contribution is 0.0948. The predicted octanol–water partition coefficient (Wildman–Crippen LogP) is 2.37. The summed E-state index contributed by atoms with van der Waals surface area (Å²) in [5.74, 6) is 0.200. The van der Waals surface area contributed by atoms with Gasteiger partial charge in [-0.15, -0.1) is 0 Å². The van der Waals surface area contributed by atoms with Gasteiger partial charge < -0.3 is 15.4 Å². The van der Waals surface area contributed by atoms with Crippen LogP contribution >= 0.6 is 0 Å². The molecule has 1 heterocycles. The van der Waals surface area contributed by atoms with Gasteiger partial charge in [0.15, 0.2) is 0 Å². The van der Waals surface area contributed by atoms with Gasteiger partial charge in [-0.25, -0.2) is 0 Å². The fourth-order valence-electron chi connectivity index (χ4n) is 2.72. The smallest absolute Gasteiger partial charge is 0.251 e. The Morgan fingerprint density at radius 1 is 1.11 bits per heavy atom. The van der Waals surface area contributed by atoms with Crippen molar-refractivity contribution in [2.24, 2.45) is 0 Å². The zero-order valence-corrected chi connectivity index (χ0v) is 15.1. The minimum Gasteiger partial charge on any atom is -0.496 e. The van der Waals surface area contributed by atoms with E-state index in [4.69, 9.17) is 4.74 Å². The van der Waals surface area contributed by atoms with E-state index in [2.05, 4.69) is 20.8 Å². The minimum atomic E-state index is -0.225. The van der Waals surface area contributed by atoms with Crippen LogP contribution in [0.15, 0.2) is 54.9 Å². The summed E-state index contributed by atoms with van der Waals surface area (Å²) >= 11 is 0. The van der Waals surface area contributed by atoms with Gasteiger partial charge in [0, 0.05) is 42.0 Å². The lowest BCUT2D eigenvalue weighted by Crippen LogP contribution is -2.23. The zero-order chi connectivity index (χ0) is 19.2. The van der Waals surface area contributed by atoms with E-state index < -0.39 is 0 Å². The van der Waals surface area contributed by atoms with Crippen LogP contribution in [0.2, 0.25) is 0 Å². The molecule has 0 atom stereocenters. The number of hydrogen-bond acceptors (Lipinski definition) is 4. The Bertz CT molecular complexity index is 952. The summed E-state index contributed by atoms with van der Waals surface area (Å²) in [5.41, 5.74) is 3.61. The highest BCUT2D eigenvalue weighted by Gasteiger charge is 2.12. The molecule has 138 valence electrons. The summed E-state index contributed by atoms with van der Waals surface area (Å²) in [5, 5.41) is 12.1. The second kappa shape index (κ2) is 8.18. The van der Waals surface area contributed by atoms with E-state index in [1.807, 2.05) is 12.1 Å². The molecule has 0 saturated heterocycles. The minimum absolute atomic E-state index is 0.164. The number of aromatic nitrogens is 2. The molecule has 0 radical (unpaired) electrons.